The summed E-state index contributed by atoms with van der Waals surface area (Å²) < 4.78 is 83.2. The van der Waals surface area contributed by atoms with Crippen molar-refractivity contribution in [2.75, 3.05) is 13.2 Å². The molecule has 142 valence electrons. The smallest absolute Gasteiger partial charge is 0.425 e. The molecule has 1 atom stereocenters. The highest BCUT2D eigenvalue weighted by Gasteiger charge is 2.42. The zero-order chi connectivity index (χ0) is 18.9. The Hall–Kier alpha value is -1.77. The largest absolute Gasteiger partial charge is 0.449 e. The lowest BCUT2D eigenvalue weighted by atomic mass is 10.1. The predicted molar refractivity (Wildman–Crippen MR) is 77.0 cm³/mol. The number of hydrogen-bond acceptors (Lipinski definition) is 3. The molecule has 9 heteroatoms. The summed E-state index contributed by atoms with van der Waals surface area (Å²) in [6, 6.07) is 7.29. The number of benzene rings is 1. The van der Waals surface area contributed by atoms with Crippen LogP contribution in [0.15, 0.2) is 30.3 Å². The molecule has 1 unspecified atom stereocenters. The highest BCUT2D eigenvalue weighted by atomic mass is 19.4. The molecule has 0 bridgehead atoms. The molecule has 3 nitrogen and oxygen atoms in total. The van der Waals surface area contributed by atoms with Gasteiger partial charge in [0.05, 0.1) is 5.56 Å². The molecule has 1 aromatic rings. The van der Waals surface area contributed by atoms with Gasteiger partial charge >= 0.3 is 18.3 Å². The SMILES string of the molecule is O=C(OC(CCCCCOCC(F)(F)F)C(F)(F)F)c1ccccc1. The van der Waals surface area contributed by atoms with Crippen molar-refractivity contribution in [2.45, 2.75) is 44.1 Å². The summed E-state index contributed by atoms with van der Waals surface area (Å²) in [5.41, 5.74) is 0.0114. The van der Waals surface area contributed by atoms with Crippen molar-refractivity contribution in [3.8, 4) is 0 Å². The molecule has 25 heavy (non-hydrogen) atoms. The maximum Gasteiger partial charge on any atom is 0.425 e. The number of hydrogen-bond donors (Lipinski definition) is 0. The van der Waals surface area contributed by atoms with Gasteiger partial charge in [-0.05, 0) is 31.4 Å². The van der Waals surface area contributed by atoms with Gasteiger partial charge in [-0.2, -0.15) is 26.3 Å². The fraction of sp³-hybridized carbons (Fsp3) is 0.562. The number of halogens is 6. The third kappa shape index (κ3) is 9.33. The van der Waals surface area contributed by atoms with Crippen molar-refractivity contribution in [3.63, 3.8) is 0 Å². The zero-order valence-corrected chi connectivity index (χ0v) is 13.2. The van der Waals surface area contributed by atoms with E-state index in [-0.39, 0.29) is 31.4 Å². The molecule has 0 fully saturated rings. The third-order valence-electron chi connectivity index (χ3n) is 3.14. The van der Waals surface area contributed by atoms with Crippen LogP contribution in [0.3, 0.4) is 0 Å². The van der Waals surface area contributed by atoms with Crippen LogP contribution in [-0.2, 0) is 9.47 Å². The average molecular weight is 372 g/mol. The number of rotatable bonds is 9. The first-order chi connectivity index (χ1) is 11.6. The number of esters is 1. The molecule has 0 aromatic heterocycles. The quantitative estimate of drug-likeness (QED) is 0.351. The molecule has 0 spiro atoms. The fourth-order valence-electron chi connectivity index (χ4n) is 1.96. The van der Waals surface area contributed by atoms with Gasteiger partial charge in [0.1, 0.15) is 6.61 Å². The first-order valence-corrected chi connectivity index (χ1v) is 7.57. The van der Waals surface area contributed by atoms with Crippen LogP contribution in [0, 0.1) is 0 Å². The van der Waals surface area contributed by atoms with Crippen LogP contribution >= 0.6 is 0 Å². The van der Waals surface area contributed by atoms with Gasteiger partial charge in [0.15, 0.2) is 6.10 Å². The summed E-state index contributed by atoms with van der Waals surface area (Å²) in [6.07, 6.45) is -11.4. The Morgan fingerprint density at radius 3 is 2.16 bits per heavy atom. The molecule has 0 saturated heterocycles. The number of unbranched alkanes of at least 4 members (excludes halogenated alkanes) is 2. The first kappa shape index (κ1) is 21.3. The standard InChI is InChI=1S/C16H18F6O3/c17-15(18,19)11-24-10-6-2-5-9-13(16(20,21)22)25-14(23)12-7-3-1-4-8-12/h1,3-4,7-8,13H,2,5-6,9-11H2. The maximum absolute atomic E-state index is 12.9. The van der Waals surface area contributed by atoms with E-state index in [0.29, 0.717) is 0 Å². The van der Waals surface area contributed by atoms with E-state index in [1.54, 1.807) is 6.07 Å². The Balaban J connectivity index is 2.36. The van der Waals surface area contributed by atoms with Gasteiger partial charge in [0.25, 0.3) is 0 Å². The molecule has 0 N–H and O–H groups in total. The zero-order valence-electron chi connectivity index (χ0n) is 13.2. The number of carbonyl (C=O) groups is 1. The van der Waals surface area contributed by atoms with E-state index < -0.39 is 37.5 Å². The van der Waals surface area contributed by atoms with Crippen molar-refractivity contribution in [1.82, 2.24) is 0 Å². The Kier molecular flexibility index (Phi) is 8.21. The van der Waals surface area contributed by atoms with Crippen molar-refractivity contribution in [2.24, 2.45) is 0 Å². The lowest BCUT2D eigenvalue weighted by molar-refractivity contribution is -0.206. The minimum Gasteiger partial charge on any atom is -0.449 e. The summed E-state index contributed by atoms with van der Waals surface area (Å²) >= 11 is 0. The minimum atomic E-state index is -4.71. The third-order valence-corrected chi connectivity index (χ3v) is 3.14. The van der Waals surface area contributed by atoms with E-state index in [2.05, 4.69) is 9.47 Å². The lowest BCUT2D eigenvalue weighted by Crippen LogP contribution is -2.33. The van der Waals surface area contributed by atoms with Crippen LogP contribution < -0.4 is 0 Å². The Morgan fingerprint density at radius 2 is 1.60 bits per heavy atom. The number of alkyl halides is 6. The molecule has 0 saturated carbocycles. The van der Waals surface area contributed by atoms with Crippen molar-refractivity contribution in [1.29, 1.82) is 0 Å². The monoisotopic (exact) mass is 372 g/mol. The van der Waals surface area contributed by atoms with E-state index >= 15 is 0 Å². The normalized spacial score (nSPS) is 13.5. The molecule has 0 aliphatic heterocycles. The van der Waals surface area contributed by atoms with Gasteiger partial charge < -0.3 is 9.47 Å². The molecule has 1 rings (SSSR count). The summed E-state index contributed by atoms with van der Waals surface area (Å²) in [6.45, 7) is -1.58. The second kappa shape index (κ2) is 9.65. The minimum absolute atomic E-state index is 0.0114. The highest BCUT2D eigenvalue weighted by Crippen LogP contribution is 2.28. The molecule has 0 amide bonds. The van der Waals surface area contributed by atoms with Crippen LogP contribution in [0.1, 0.15) is 36.0 Å². The Labute approximate surface area is 140 Å². The van der Waals surface area contributed by atoms with Gasteiger partial charge in [0.2, 0.25) is 0 Å². The fourth-order valence-corrected chi connectivity index (χ4v) is 1.96. The molecular weight excluding hydrogens is 354 g/mol. The van der Waals surface area contributed by atoms with Crippen LogP contribution in [0.2, 0.25) is 0 Å². The first-order valence-electron chi connectivity index (χ1n) is 7.57. The predicted octanol–water partition coefficient (Wildman–Crippen LogP) is 4.91. The van der Waals surface area contributed by atoms with Crippen molar-refractivity contribution < 1.29 is 40.6 Å². The number of carbonyl (C=O) groups excluding carboxylic acids is 1. The van der Waals surface area contributed by atoms with Crippen LogP contribution in [0.4, 0.5) is 26.3 Å². The second-order valence-electron chi connectivity index (χ2n) is 5.32. The van der Waals surface area contributed by atoms with Crippen LogP contribution in [-0.4, -0.2) is 37.6 Å². The molecule has 0 heterocycles. The van der Waals surface area contributed by atoms with Crippen molar-refractivity contribution in [3.05, 3.63) is 35.9 Å². The second-order valence-corrected chi connectivity index (χ2v) is 5.32. The molecule has 0 aliphatic carbocycles. The van der Waals surface area contributed by atoms with Crippen LogP contribution in [0.5, 0.6) is 0 Å². The molecule has 0 radical (unpaired) electrons. The van der Waals surface area contributed by atoms with E-state index in [1.165, 1.54) is 24.3 Å². The topological polar surface area (TPSA) is 35.5 Å². The van der Waals surface area contributed by atoms with E-state index in [4.69, 9.17) is 0 Å². The summed E-state index contributed by atoms with van der Waals surface area (Å²) in [7, 11) is 0. The summed E-state index contributed by atoms with van der Waals surface area (Å²) in [4.78, 5) is 11.7. The van der Waals surface area contributed by atoms with Gasteiger partial charge in [-0.3, -0.25) is 0 Å². The van der Waals surface area contributed by atoms with Gasteiger partial charge in [-0.25, -0.2) is 4.79 Å². The van der Waals surface area contributed by atoms with Gasteiger partial charge in [-0.15, -0.1) is 0 Å². The highest BCUT2D eigenvalue weighted by molar-refractivity contribution is 5.89. The molecular formula is C16H18F6O3. The summed E-state index contributed by atoms with van der Waals surface area (Å²) in [5.74, 6) is -1.07. The maximum atomic E-state index is 12.9. The van der Waals surface area contributed by atoms with E-state index in [1.807, 2.05) is 0 Å². The number of ether oxygens (including phenoxy) is 2. The van der Waals surface area contributed by atoms with E-state index in [9.17, 15) is 31.1 Å². The van der Waals surface area contributed by atoms with Gasteiger partial charge in [-0.1, -0.05) is 24.6 Å². The van der Waals surface area contributed by atoms with Gasteiger partial charge in [0, 0.05) is 6.61 Å². The van der Waals surface area contributed by atoms with E-state index in [0.717, 1.165) is 0 Å². The van der Waals surface area contributed by atoms with Crippen LogP contribution in [0.25, 0.3) is 0 Å². The Morgan fingerprint density at radius 1 is 0.960 bits per heavy atom. The molecule has 0 aliphatic rings. The molecule has 1 aromatic carbocycles. The Bertz CT molecular complexity index is 513. The summed E-state index contributed by atoms with van der Waals surface area (Å²) in [5, 5.41) is 0. The lowest BCUT2D eigenvalue weighted by Gasteiger charge is -2.20. The van der Waals surface area contributed by atoms with Crippen molar-refractivity contribution >= 4 is 5.97 Å². The average Bonchev–Trinajstić information content (AvgIpc) is 2.51.